The van der Waals surface area contributed by atoms with Crippen molar-refractivity contribution in [2.75, 3.05) is 0 Å². The first-order chi connectivity index (χ1) is 8.97. The fourth-order valence-electron chi connectivity index (χ4n) is 1.90. The second kappa shape index (κ2) is 5.28. The first-order valence-electron chi connectivity index (χ1n) is 6.04. The average molecular weight is 260 g/mol. The molecule has 0 radical (unpaired) electrons. The molecule has 4 heteroatoms. The van der Waals surface area contributed by atoms with Crippen LogP contribution in [0.3, 0.4) is 0 Å². The summed E-state index contributed by atoms with van der Waals surface area (Å²) in [5, 5.41) is 18.8. The minimum absolute atomic E-state index is 0.158. The van der Waals surface area contributed by atoms with Gasteiger partial charge in [0, 0.05) is 6.42 Å². The molecule has 4 nitrogen and oxygen atoms in total. The Morgan fingerprint density at radius 2 is 1.95 bits per heavy atom. The Morgan fingerprint density at radius 3 is 2.53 bits per heavy atom. The summed E-state index contributed by atoms with van der Waals surface area (Å²) in [4.78, 5) is 10.7. The molecule has 0 fully saturated rings. The number of aliphatic hydroxyl groups excluding tert-OH is 1. The van der Waals surface area contributed by atoms with E-state index >= 15 is 0 Å². The number of carbonyl (C=O) groups is 1. The summed E-state index contributed by atoms with van der Waals surface area (Å²) in [6, 6.07) is 8.81. The Hall–Kier alpha value is -2.07. The first kappa shape index (κ1) is 13.4. The van der Waals surface area contributed by atoms with Crippen molar-refractivity contribution in [2.45, 2.75) is 26.4 Å². The highest BCUT2D eigenvalue weighted by Crippen LogP contribution is 2.22. The molecule has 0 spiro atoms. The Kier molecular flexibility index (Phi) is 3.71. The van der Waals surface area contributed by atoms with Crippen LogP contribution in [0.5, 0.6) is 0 Å². The maximum Gasteiger partial charge on any atom is 0.371 e. The largest absolute Gasteiger partial charge is 0.475 e. The van der Waals surface area contributed by atoms with Crippen LogP contribution in [0.15, 0.2) is 34.7 Å². The molecular weight excluding hydrogens is 244 g/mol. The lowest BCUT2D eigenvalue weighted by atomic mass is 10.0. The van der Waals surface area contributed by atoms with Crippen molar-refractivity contribution in [3.8, 4) is 0 Å². The van der Waals surface area contributed by atoms with Crippen molar-refractivity contribution in [3.05, 3.63) is 58.5 Å². The van der Waals surface area contributed by atoms with Crippen molar-refractivity contribution in [3.63, 3.8) is 0 Å². The van der Waals surface area contributed by atoms with Gasteiger partial charge >= 0.3 is 5.97 Å². The zero-order valence-corrected chi connectivity index (χ0v) is 10.9. The van der Waals surface area contributed by atoms with Gasteiger partial charge in [0.2, 0.25) is 5.76 Å². The lowest BCUT2D eigenvalue weighted by molar-refractivity contribution is 0.0651. The normalized spacial score (nSPS) is 12.4. The molecule has 0 amide bonds. The van der Waals surface area contributed by atoms with Crippen LogP contribution >= 0.6 is 0 Å². The van der Waals surface area contributed by atoms with Crippen LogP contribution in [-0.2, 0) is 6.42 Å². The van der Waals surface area contributed by atoms with E-state index in [9.17, 15) is 9.90 Å². The number of carboxylic acids is 1. The van der Waals surface area contributed by atoms with Gasteiger partial charge in [-0.2, -0.15) is 0 Å². The molecule has 0 saturated carbocycles. The van der Waals surface area contributed by atoms with Crippen LogP contribution in [-0.4, -0.2) is 16.2 Å². The fourth-order valence-corrected chi connectivity index (χ4v) is 1.90. The number of aryl methyl sites for hydroxylation is 2. The topological polar surface area (TPSA) is 70.7 Å². The van der Waals surface area contributed by atoms with Gasteiger partial charge in [0.15, 0.2) is 0 Å². The van der Waals surface area contributed by atoms with Crippen molar-refractivity contribution in [2.24, 2.45) is 0 Å². The van der Waals surface area contributed by atoms with Crippen molar-refractivity contribution in [1.29, 1.82) is 0 Å². The molecule has 0 aliphatic rings. The summed E-state index contributed by atoms with van der Waals surface area (Å²) in [5.74, 6) is -1.02. The third-order valence-corrected chi connectivity index (χ3v) is 3.17. The third-order valence-electron chi connectivity index (χ3n) is 3.17. The highest BCUT2D eigenvalue weighted by Gasteiger charge is 2.16. The van der Waals surface area contributed by atoms with Gasteiger partial charge in [0.25, 0.3) is 0 Å². The van der Waals surface area contributed by atoms with Gasteiger partial charge in [-0.05, 0) is 42.7 Å². The molecule has 19 heavy (non-hydrogen) atoms. The Bertz CT molecular complexity index is 598. The van der Waals surface area contributed by atoms with E-state index in [0.29, 0.717) is 6.42 Å². The Balaban J connectivity index is 2.13. The summed E-state index contributed by atoms with van der Waals surface area (Å²) in [7, 11) is 0. The van der Waals surface area contributed by atoms with Gasteiger partial charge in [-0.15, -0.1) is 0 Å². The van der Waals surface area contributed by atoms with Crippen molar-refractivity contribution >= 4 is 5.97 Å². The minimum atomic E-state index is -1.13. The predicted molar refractivity (Wildman–Crippen MR) is 70.2 cm³/mol. The molecule has 1 aromatic carbocycles. The van der Waals surface area contributed by atoms with Crippen molar-refractivity contribution in [1.82, 2.24) is 0 Å². The molecule has 2 aromatic rings. The van der Waals surface area contributed by atoms with Crippen LogP contribution in [0, 0.1) is 13.8 Å². The lowest BCUT2D eigenvalue weighted by Gasteiger charge is -2.09. The Labute approximate surface area is 111 Å². The zero-order chi connectivity index (χ0) is 14.0. The van der Waals surface area contributed by atoms with Gasteiger partial charge in [-0.1, -0.05) is 18.2 Å². The molecule has 1 unspecified atom stereocenters. The van der Waals surface area contributed by atoms with E-state index in [2.05, 4.69) is 0 Å². The molecule has 2 N–H and O–H groups in total. The second-order valence-corrected chi connectivity index (χ2v) is 4.65. The number of furan rings is 1. The lowest BCUT2D eigenvalue weighted by Crippen LogP contribution is -2.01. The SMILES string of the molecule is Cc1ccc(CC(O)c2ccc(C(=O)O)o2)cc1C. The maximum atomic E-state index is 10.7. The van der Waals surface area contributed by atoms with Gasteiger partial charge in [0.05, 0.1) is 0 Å². The highest BCUT2D eigenvalue weighted by atomic mass is 16.4. The standard InChI is InChI=1S/C15H16O4/c1-9-3-4-11(7-10(9)2)8-12(16)13-5-6-14(19-13)15(17)18/h3-7,12,16H,8H2,1-2H3,(H,17,18). The minimum Gasteiger partial charge on any atom is -0.475 e. The summed E-state index contributed by atoms with van der Waals surface area (Å²) in [5.41, 5.74) is 3.35. The van der Waals surface area contributed by atoms with E-state index < -0.39 is 12.1 Å². The smallest absolute Gasteiger partial charge is 0.371 e. The number of aromatic carboxylic acids is 1. The summed E-state index contributed by atoms with van der Waals surface area (Å²) in [6.07, 6.45) is -0.441. The van der Waals surface area contributed by atoms with Crippen LogP contribution in [0.1, 0.15) is 39.1 Å². The number of hydrogen-bond acceptors (Lipinski definition) is 3. The van der Waals surface area contributed by atoms with E-state index in [0.717, 1.165) is 11.1 Å². The molecule has 0 aliphatic heterocycles. The number of aliphatic hydroxyl groups is 1. The summed E-state index contributed by atoms with van der Waals surface area (Å²) < 4.78 is 5.08. The molecule has 0 saturated heterocycles. The fraction of sp³-hybridized carbons (Fsp3) is 0.267. The van der Waals surface area contributed by atoms with Gasteiger partial charge in [-0.25, -0.2) is 4.79 Å². The van der Waals surface area contributed by atoms with Crippen LogP contribution in [0.4, 0.5) is 0 Å². The van der Waals surface area contributed by atoms with E-state index in [-0.39, 0.29) is 11.5 Å². The highest BCUT2D eigenvalue weighted by molar-refractivity contribution is 5.84. The first-order valence-corrected chi connectivity index (χ1v) is 6.04. The number of benzene rings is 1. The molecule has 100 valence electrons. The molecular formula is C15H16O4. The van der Waals surface area contributed by atoms with Gasteiger partial charge in [0.1, 0.15) is 11.9 Å². The maximum absolute atomic E-state index is 10.7. The molecule has 0 aliphatic carbocycles. The predicted octanol–water partition coefficient (Wildman–Crippen LogP) is 2.87. The number of rotatable bonds is 4. The van der Waals surface area contributed by atoms with Gasteiger partial charge in [-0.3, -0.25) is 0 Å². The molecule has 1 heterocycles. The second-order valence-electron chi connectivity index (χ2n) is 4.65. The van der Waals surface area contributed by atoms with E-state index in [1.54, 1.807) is 0 Å². The quantitative estimate of drug-likeness (QED) is 0.886. The third kappa shape index (κ3) is 3.03. The monoisotopic (exact) mass is 260 g/mol. The van der Waals surface area contributed by atoms with E-state index in [1.807, 2.05) is 32.0 Å². The Morgan fingerprint density at radius 1 is 1.21 bits per heavy atom. The van der Waals surface area contributed by atoms with E-state index in [1.165, 1.54) is 17.7 Å². The van der Waals surface area contributed by atoms with Crippen molar-refractivity contribution < 1.29 is 19.4 Å². The summed E-state index contributed by atoms with van der Waals surface area (Å²) >= 11 is 0. The number of hydrogen-bond donors (Lipinski definition) is 2. The molecule has 2 rings (SSSR count). The zero-order valence-electron chi connectivity index (χ0n) is 10.9. The average Bonchev–Trinajstić information content (AvgIpc) is 2.83. The molecule has 1 aromatic heterocycles. The molecule has 1 atom stereocenters. The van der Waals surface area contributed by atoms with Crippen LogP contribution in [0.2, 0.25) is 0 Å². The number of carboxylic acid groups (broad SMARTS) is 1. The van der Waals surface area contributed by atoms with Crippen LogP contribution < -0.4 is 0 Å². The van der Waals surface area contributed by atoms with Gasteiger partial charge < -0.3 is 14.6 Å². The van der Waals surface area contributed by atoms with E-state index in [4.69, 9.17) is 9.52 Å². The molecule has 0 bridgehead atoms. The summed E-state index contributed by atoms with van der Waals surface area (Å²) in [6.45, 7) is 4.04. The van der Waals surface area contributed by atoms with Crippen LogP contribution in [0.25, 0.3) is 0 Å².